The summed E-state index contributed by atoms with van der Waals surface area (Å²) in [7, 11) is 1.63. The molecule has 0 aliphatic heterocycles. The molecule has 1 aromatic heterocycles. The molecule has 0 aliphatic rings. The third-order valence-corrected chi connectivity index (χ3v) is 2.51. The van der Waals surface area contributed by atoms with Gasteiger partial charge in [0.05, 0.1) is 13.2 Å². The second-order valence-corrected chi connectivity index (χ2v) is 3.85. The Morgan fingerprint density at radius 3 is 2.88 bits per heavy atom. The molecule has 0 aliphatic carbocycles. The van der Waals surface area contributed by atoms with Crippen molar-refractivity contribution >= 4 is 0 Å². The van der Waals surface area contributed by atoms with Crippen LogP contribution >= 0.6 is 0 Å². The maximum absolute atomic E-state index is 12.6. The molecule has 0 radical (unpaired) electrons. The summed E-state index contributed by atoms with van der Waals surface area (Å²) in [5, 5.41) is 3.18. The maximum Gasteiger partial charge on any atom is 0.319 e. The van der Waals surface area contributed by atoms with E-state index in [9.17, 15) is 8.78 Å². The van der Waals surface area contributed by atoms with Gasteiger partial charge in [-0.3, -0.25) is 4.57 Å². The number of halogens is 2. The first-order valence-corrected chi connectivity index (χ1v) is 5.71. The number of hydrogen-bond acceptors (Lipinski definition) is 3. The van der Waals surface area contributed by atoms with E-state index in [1.165, 1.54) is 12.4 Å². The van der Waals surface area contributed by atoms with Crippen molar-refractivity contribution in [3.63, 3.8) is 0 Å². The van der Waals surface area contributed by atoms with E-state index in [0.717, 1.165) is 17.4 Å². The van der Waals surface area contributed by atoms with Gasteiger partial charge in [0.1, 0.15) is 5.82 Å². The number of methoxy groups -OCH3 is 1. The fourth-order valence-electron chi connectivity index (χ4n) is 1.69. The molecule has 0 saturated carbocycles. The highest BCUT2D eigenvalue weighted by molar-refractivity contribution is 4.92. The van der Waals surface area contributed by atoms with Gasteiger partial charge in [-0.2, -0.15) is 8.78 Å². The van der Waals surface area contributed by atoms with Crippen LogP contribution in [0.2, 0.25) is 0 Å². The third kappa shape index (κ3) is 4.40. The van der Waals surface area contributed by atoms with Crippen LogP contribution in [0.15, 0.2) is 12.4 Å². The SMILES string of the molecule is CCCC(COC)NCc1nccn1C(F)F. The van der Waals surface area contributed by atoms with Crippen molar-refractivity contribution in [2.24, 2.45) is 0 Å². The van der Waals surface area contributed by atoms with Gasteiger partial charge in [0.25, 0.3) is 0 Å². The molecule has 0 aromatic carbocycles. The lowest BCUT2D eigenvalue weighted by Crippen LogP contribution is -2.33. The first-order valence-electron chi connectivity index (χ1n) is 5.71. The smallest absolute Gasteiger partial charge is 0.319 e. The monoisotopic (exact) mass is 247 g/mol. The summed E-state index contributed by atoms with van der Waals surface area (Å²) < 4.78 is 31.0. The molecule has 0 bridgehead atoms. The van der Waals surface area contributed by atoms with Crippen molar-refractivity contribution in [3.05, 3.63) is 18.2 Å². The van der Waals surface area contributed by atoms with E-state index < -0.39 is 6.55 Å². The molecule has 4 nitrogen and oxygen atoms in total. The van der Waals surface area contributed by atoms with E-state index >= 15 is 0 Å². The molecule has 1 N–H and O–H groups in total. The highest BCUT2D eigenvalue weighted by Crippen LogP contribution is 2.12. The topological polar surface area (TPSA) is 39.1 Å². The molecular weight excluding hydrogens is 228 g/mol. The fraction of sp³-hybridized carbons (Fsp3) is 0.727. The standard InChI is InChI=1S/C11H19F2N3O/c1-3-4-9(8-17-2)15-7-10-14-5-6-16(10)11(12)13/h5-6,9,11,15H,3-4,7-8H2,1-2H3. The molecule has 0 fully saturated rings. The van der Waals surface area contributed by atoms with Gasteiger partial charge in [-0.1, -0.05) is 13.3 Å². The molecule has 1 heterocycles. The van der Waals surface area contributed by atoms with Crippen LogP contribution in [0.25, 0.3) is 0 Å². The molecule has 0 spiro atoms. The lowest BCUT2D eigenvalue weighted by molar-refractivity contribution is 0.0661. The summed E-state index contributed by atoms with van der Waals surface area (Å²) in [6.07, 6.45) is 4.63. The van der Waals surface area contributed by atoms with Crippen molar-refractivity contribution < 1.29 is 13.5 Å². The van der Waals surface area contributed by atoms with Crippen LogP contribution in [0, 0.1) is 0 Å². The van der Waals surface area contributed by atoms with Crippen molar-refractivity contribution in [3.8, 4) is 0 Å². The van der Waals surface area contributed by atoms with Crippen molar-refractivity contribution in [2.45, 2.75) is 38.9 Å². The van der Waals surface area contributed by atoms with Crippen LogP contribution in [0.3, 0.4) is 0 Å². The lowest BCUT2D eigenvalue weighted by Gasteiger charge is -2.17. The Bertz CT molecular complexity index is 311. The Morgan fingerprint density at radius 2 is 2.29 bits per heavy atom. The average Bonchev–Trinajstić information content (AvgIpc) is 2.74. The van der Waals surface area contributed by atoms with Crippen LogP contribution in [0.5, 0.6) is 0 Å². The predicted octanol–water partition coefficient (Wildman–Crippen LogP) is 2.18. The van der Waals surface area contributed by atoms with Crippen LogP contribution in [0.1, 0.15) is 32.1 Å². The van der Waals surface area contributed by atoms with E-state index in [1.807, 2.05) is 0 Å². The highest BCUT2D eigenvalue weighted by Gasteiger charge is 2.13. The molecule has 0 amide bonds. The number of rotatable bonds is 8. The minimum Gasteiger partial charge on any atom is -0.383 e. The molecule has 6 heteroatoms. The Balaban J connectivity index is 2.49. The first kappa shape index (κ1) is 14.1. The van der Waals surface area contributed by atoms with E-state index in [4.69, 9.17) is 4.74 Å². The summed E-state index contributed by atoms with van der Waals surface area (Å²) >= 11 is 0. The van der Waals surface area contributed by atoms with E-state index in [2.05, 4.69) is 17.2 Å². The van der Waals surface area contributed by atoms with E-state index in [1.54, 1.807) is 7.11 Å². The molecular formula is C11H19F2N3O. The van der Waals surface area contributed by atoms with Crippen molar-refractivity contribution in [1.29, 1.82) is 0 Å². The van der Waals surface area contributed by atoms with Gasteiger partial charge in [0, 0.05) is 25.5 Å². The van der Waals surface area contributed by atoms with Crippen molar-refractivity contribution in [1.82, 2.24) is 14.9 Å². The van der Waals surface area contributed by atoms with E-state index in [-0.39, 0.29) is 6.04 Å². The number of nitrogens with one attached hydrogen (secondary N) is 1. The molecule has 1 aromatic rings. The van der Waals surface area contributed by atoms with E-state index in [0.29, 0.717) is 19.0 Å². The van der Waals surface area contributed by atoms with Gasteiger partial charge >= 0.3 is 6.55 Å². The van der Waals surface area contributed by atoms with Crippen molar-refractivity contribution in [2.75, 3.05) is 13.7 Å². The second-order valence-electron chi connectivity index (χ2n) is 3.85. The van der Waals surface area contributed by atoms with Gasteiger partial charge in [-0.05, 0) is 6.42 Å². The summed E-state index contributed by atoms with van der Waals surface area (Å²) in [6, 6.07) is 0.174. The number of ether oxygens (including phenoxy) is 1. The Morgan fingerprint density at radius 1 is 1.53 bits per heavy atom. The Hall–Kier alpha value is -1.01. The van der Waals surface area contributed by atoms with Crippen LogP contribution < -0.4 is 5.32 Å². The van der Waals surface area contributed by atoms with Gasteiger partial charge in [0.15, 0.2) is 0 Å². The zero-order chi connectivity index (χ0) is 12.7. The molecule has 1 unspecified atom stereocenters. The lowest BCUT2D eigenvalue weighted by atomic mass is 10.2. The minimum atomic E-state index is -2.54. The minimum absolute atomic E-state index is 0.174. The highest BCUT2D eigenvalue weighted by atomic mass is 19.3. The molecule has 98 valence electrons. The quantitative estimate of drug-likeness (QED) is 0.765. The zero-order valence-electron chi connectivity index (χ0n) is 10.2. The Labute approximate surface area is 100.0 Å². The largest absolute Gasteiger partial charge is 0.383 e. The number of hydrogen-bond donors (Lipinski definition) is 1. The normalized spacial score (nSPS) is 13.2. The predicted molar refractivity (Wildman–Crippen MR) is 60.9 cm³/mol. The zero-order valence-corrected chi connectivity index (χ0v) is 10.2. The molecule has 1 rings (SSSR count). The Kier molecular flexibility index (Phi) is 6.07. The summed E-state index contributed by atoms with van der Waals surface area (Å²) in [5.41, 5.74) is 0. The van der Waals surface area contributed by atoms with Gasteiger partial charge < -0.3 is 10.1 Å². The van der Waals surface area contributed by atoms with Crippen LogP contribution in [0.4, 0.5) is 8.78 Å². The third-order valence-electron chi connectivity index (χ3n) is 2.51. The summed E-state index contributed by atoms with van der Waals surface area (Å²) in [6.45, 7) is 0.431. The first-order chi connectivity index (χ1) is 8.19. The number of nitrogens with zero attached hydrogens (tertiary/aromatic N) is 2. The molecule has 0 saturated heterocycles. The summed E-state index contributed by atoms with van der Waals surface area (Å²) in [5.74, 6) is 0.345. The van der Waals surface area contributed by atoms with Crippen LogP contribution in [-0.4, -0.2) is 29.3 Å². The van der Waals surface area contributed by atoms with Gasteiger partial charge in [0.2, 0.25) is 0 Å². The number of alkyl halides is 2. The number of imidazole rings is 1. The fourth-order valence-corrected chi connectivity index (χ4v) is 1.69. The molecule has 1 atom stereocenters. The van der Waals surface area contributed by atoms with Crippen LogP contribution in [-0.2, 0) is 11.3 Å². The number of aromatic nitrogens is 2. The van der Waals surface area contributed by atoms with Gasteiger partial charge in [-0.15, -0.1) is 0 Å². The average molecular weight is 247 g/mol. The second kappa shape index (κ2) is 7.34. The molecule has 17 heavy (non-hydrogen) atoms. The summed E-state index contributed by atoms with van der Waals surface area (Å²) in [4.78, 5) is 3.91. The maximum atomic E-state index is 12.6. The van der Waals surface area contributed by atoms with Gasteiger partial charge in [-0.25, -0.2) is 4.98 Å².